The number of carbonyl (C=O) groups is 2. The van der Waals surface area contributed by atoms with E-state index in [1.54, 1.807) is 0 Å². The fourth-order valence-corrected chi connectivity index (χ4v) is 13.1. The summed E-state index contributed by atoms with van der Waals surface area (Å²) in [4.78, 5) is 13.6. The van der Waals surface area contributed by atoms with E-state index in [1.165, 1.54) is 0 Å². The Labute approximate surface area is 500 Å². The van der Waals surface area contributed by atoms with Crippen molar-refractivity contribution < 1.29 is 126 Å². The molecule has 0 heterocycles. The number of carboxylic acids is 2. The van der Waals surface area contributed by atoms with E-state index in [9.17, 15) is 126 Å². The van der Waals surface area contributed by atoms with Gasteiger partial charge in [0.05, 0.1) is 22.2 Å². The molecule has 8 rings (SSSR count). The maximum atomic E-state index is 13.1. The van der Waals surface area contributed by atoms with Crippen molar-refractivity contribution in [3.63, 3.8) is 0 Å². The molecule has 0 aliphatic rings. The van der Waals surface area contributed by atoms with Crippen molar-refractivity contribution in [1.82, 2.24) is 0 Å². The second-order valence-corrected chi connectivity index (χ2v) is 27.7. The summed E-state index contributed by atoms with van der Waals surface area (Å²) in [6, 6.07) is 8.00. The summed E-state index contributed by atoms with van der Waals surface area (Å²) in [6.07, 6.45) is 0. The van der Waals surface area contributed by atoms with E-state index in [0.29, 0.717) is 30.3 Å². The molecule has 14 N–H and O–H groups in total. The van der Waals surface area contributed by atoms with Gasteiger partial charge in [-0.2, -0.15) is 58.9 Å². The van der Waals surface area contributed by atoms with Crippen molar-refractivity contribution in [3.05, 3.63) is 101 Å². The van der Waals surface area contributed by atoms with Gasteiger partial charge in [0.25, 0.3) is 70.8 Å². The van der Waals surface area contributed by atoms with Crippen LogP contribution >= 0.6 is 11.6 Å². The lowest BCUT2D eigenvalue weighted by molar-refractivity contribution is 0.0682. The molecule has 0 amide bonds. The van der Waals surface area contributed by atoms with Crippen molar-refractivity contribution in [2.45, 2.75) is 34.3 Å². The Balaban J connectivity index is 1.34. The second kappa shape index (κ2) is 22.7. The summed E-state index contributed by atoms with van der Waals surface area (Å²) in [5.41, 5.74) is -5.18. The third kappa shape index (κ3) is 13.2. The van der Waals surface area contributed by atoms with Crippen LogP contribution in [-0.2, 0) is 70.8 Å². The zero-order valence-electron chi connectivity index (χ0n) is 42.4. The van der Waals surface area contributed by atoms with Crippen LogP contribution in [-0.4, -0.2) is 128 Å². The number of carboxylic acid groups (broad SMARTS) is 2. The van der Waals surface area contributed by atoms with Gasteiger partial charge in [0.15, 0.2) is 17.2 Å². The summed E-state index contributed by atoms with van der Waals surface area (Å²) < 4.78 is 250. The molecule has 89 heavy (non-hydrogen) atoms. The fourth-order valence-electron chi connectivity index (χ4n) is 8.20. The predicted octanol–water partition coefficient (Wildman–Crippen LogP) is 8.28. The highest BCUT2D eigenvalue weighted by atomic mass is 35.5. The molecule has 0 saturated heterocycles. The van der Waals surface area contributed by atoms with E-state index < -0.39 is 229 Å². The van der Waals surface area contributed by atoms with E-state index in [1.807, 2.05) is 0 Å². The van der Waals surface area contributed by atoms with Crippen molar-refractivity contribution >= 4 is 178 Å². The number of azo groups is 4. The Kier molecular flexibility index (Phi) is 16.8. The molecule has 0 radical (unpaired) electrons. The van der Waals surface area contributed by atoms with Crippen molar-refractivity contribution in [3.8, 4) is 17.2 Å². The summed E-state index contributed by atoms with van der Waals surface area (Å²) in [5.74, 6) is -7.82. The van der Waals surface area contributed by atoms with Gasteiger partial charge in [0, 0.05) is 26.6 Å². The zero-order valence-corrected chi connectivity index (χ0v) is 48.8. The number of hydrogen-bond acceptors (Lipinski definition) is 28. The fraction of sp³-hybridized carbons (Fsp3) is 0. The van der Waals surface area contributed by atoms with Gasteiger partial charge < -0.3 is 31.3 Å². The van der Waals surface area contributed by atoms with Gasteiger partial charge in [-0.25, -0.2) is 9.59 Å². The van der Waals surface area contributed by atoms with Gasteiger partial charge in [-0.15, -0.1) is 40.9 Å². The van der Waals surface area contributed by atoms with Crippen LogP contribution in [0.3, 0.4) is 0 Å². The number of aromatic hydroxyl groups is 3. The van der Waals surface area contributed by atoms with E-state index in [0.717, 1.165) is 36.4 Å². The minimum absolute atomic E-state index is 0.167. The lowest BCUT2D eigenvalue weighted by Crippen LogP contribution is -2.04. The highest BCUT2D eigenvalue weighted by molar-refractivity contribution is 7.87. The van der Waals surface area contributed by atoms with Crippen molar-refractivity contribution in [1.29, 1.82) is 0 Å². The predicted molar refractivity (Wildman–Crippen MR) is 298 cm³/mol. The quantitative estimate of drug-likeness (QED) is 0.0231. The van der Waals surface area contributed by atoms with Crippen LogP contribution in [0.5, 0.6) is 17.2 Å². The molecular weight excluding hydrogens is 1360 g/mol. The van der Waals surface area contributed by atoms with Crippen LogP contribution in [0, 0.1) is 0 Å². The van der Waals surface area contributed by atoms with Crippen LogP contribution in [0.25, 0.3) is 32.3 Å². The van der Waals surface area contributed by atoms with Crippen LogP contribution in [0.1, 0.15) is 20.7 Å². The molecule has 0 aromatic heterocycles. The molecule has 0 atom stereocenters. The molecule has 466 valence electrons. The molecule has 0 spiro atoms. The number of anilines is 1. The molecule has 0 aliphatic heterocycles. The molecule has 37 nitrogen and oxygen atoms in total. The topological polar surface area (TPSA) is 641 Å². The Morgan fingerprint density at radius 2 is 0.820 bits per heavy atom. The number of rotatable bonds is 17. The zero-order chi connectivity index (χ0) is 66.4. The largest absolute Gasteiger partial charge is 0.505 e. The summed E-state index contributed by atoms with van der Waals surface area (Å²) in [5, 5.41) is 75.8. The van der Waals surface area contributed by atoms with Gasteiger partial charge in [-0.1, -0.05) is 11.6 Å². The SMILES string of the molecule is Nc1c(N=Nc2ccc3c(O)c(N=Nc4cc(Cl)ccc4S(=O)(=O)O)c(S(=O)(=O)O)cc3c2S(=O)(=O)O)cc(S(=O)(=O)O)c2cc(S(=O)(=O)O)c(N=Nc3cc4c(O)c(N=Nc5cc(C(=O)O)ccc5C(=O)O)c(S(=O)(=O)O)cc4cc3S(=O)(=O)O)c(O)c12. The number of nitrogens with two attached hydrogens (primary N) is 1. The van der Waals surface area contributed by atoms with Gasteiger partial charge in [-0.05, 0) is 90.3 Å². The molecule has 8 aromatic carbocycles. The molecule has 45 heteroatoms. The average Bonchev–Trinajstić information content (AvgIpc) is 0.787. The van der Waals surface area contributed by atoms with Crippen LogP contribution < -0.4 is 5.73 Å². The molecule has 0 unspecified atom stereocenters. The summed E-state index contributed by atoms with van der Waals surface area (Å²) in [6.45, 7) is 0. The first-order valence-corrected chi connectivity index (χ1v) is 32.9. The Morgan fingerprint density at radius 1 is 0.371 bits per heavy atom. The van der Waals surface area contributed by atoms with E-state index in [-0.39, 0.29) is 23.2 Å². The van der Waals surface area contributed by atoms with Gasteiger partial charge >= 0.3 is 11.9 Å². The normalized spacial score (nSPS) is 13.3. The third-order valence-electron chi connectivity index (χ3n) is 12.0. The number of phenols is 3. The molecule has 0 saturated carbocycles. The van der Waals surface area contributed by atoms with Gasteiger partial charge in [-0.3, -0.25) is 31.9 Å². The molecule has 0 fully saturated rings. The molecule has 0 bridgehead atoms. The van der Waals surface area contributed by atoms with E-state index in [2.05, 4.69) is 40.9 Å². The first-order valence-electron chi connectivity index (χ1n) is 22.5. The molecular formula is C44H28ClN9O28S7. The Morgan fingerprint density at radius 3 is 1.33 bits per heavy atom. The minimum Gasteiger partial charge on any atom is -0.505 e. The second-order valence-electron chi connectivity index (χ2n) is 17.6. The highest BCUT2D eigenvalue weighted by Crippen LogP contribution is 2.51. The van der Waals surface area contributed by atoms with Gasteiger partial charge in [0.2, 0.25) is 0 Å². The summed E-state index contributed by atoms with van der Waals surface area (Å²) >= 11 is 5.89. The first kappa shape index (κ1) is 65.7. The van der Waals surface area contributed by atoms with Crippen molar-refractivity contribution in [2.75, 3.05) is 5.73 Å². The van der Waals surface area contributed by atoms with Gasteiger partial charge in [0.1, 0.15) is 79.8 Å². The lowest BCUT2D eigenvalue weighted by Gasteiger charge is -2.15. The Hall–Kier alpha value is -9.26. The van der Waals surface area contributed by atoms with Crippen molar-refractivity contribution in [2.24, 2.45) is 40.9 Å². The maximum absolute atomic E-state index is 13.1. The number of aromatic carboxylic acids is 2. The minimum atomic E-state index is -5.86. The van der Waals surface area contributed by atoms with Crippen LogP contribution in [0.4, 0.5) is 51.2 Å². The highest BCUT2D eigenvalue weighted by Gasteiger charge is 2.32. The number of halogens is 1. The smallest absolute Gasteiger partial charge is 0.337 e. The number of phenolic OH excluding ortho intramolecular Hbond substituents is 3. The number of benzene rings is 8. The van der Waals surface area contributed by atoms with E-state index >= 15 is 0 Å². The summed E-state index contributed by atoms with van der Waals surface area (Å²) in [7, 11) is -39.5. The van der Waals surface area contributed by atoms with Crippen LogP contribution in [0.2, 0.25) is 5.02 Å². The average molecular weight is 1390 g/mol. The number of hydrogen-bond donors (Lipinski definition) is 13. The lowest BCUT2D eigenvalue weighted by atomic mass is 10.0. The maximum Gasteiger partial charge on any atom is 0.337 e. The standard InChI is InChI=1S/C44H28ClN9O28S7/c45-17-2-6-28(83(62,63)64)25(10-17)49-53-37-32(87(74,75)76)12-21-18(39(37)55)4-5-23(42(21)89(80,81)82)47-51-27-14-29(84(65,66)67)22-13-33(88(77,78)79)38(41(57)34(22)35(27)46)54-50-26-11-20-16(8-30(26)85(68,69)70)9-31(86(71,72)73)36(40(20)56)52-48-24-7-15(43(58)59)1-3-19(24)44(60)61/h1-14,55-57H,46H2,(H,58,59)(H,60,61)(H,62,63,64)(H,65,66,67)(H,68,69,70)(H,71,72,73)(H,74,75,76)(H,77,78,79)(H,80,81,82). The number of nitrogens with zero attached hydrogens (tertiary/aromatic N) is 8. The Bertz CT molecular complexity index is 5540. The van der Waals surface area contributed by atoms with Crippen LogP contribution in [0.15, 0.2) is 160 Å². The third-order valence-corrected chi connectivity index (χ3v) is 18.4. The van der Waals surface area contributed by atoms with E-state index in [4.69, 9.17) is 17.3 Å². The monoisotopic (exact) mass is 1390 g/mol. The number of nitrogen functional groups attached to an aromatic ring is 1. The number of fused-ring (bicyclic) bond motifs is 3. The molecule has 8 aromatic rings. The first-order chi connectivity index (χ1) is 40.8. The molecule has 0 aliphatic carbocycles.